The van der Waals surface area contributed by atoms with E-state index >= 15 is 0 Å². The van der Waals surface area contributed by atoms with Crippen LogP contribution in [0.5, 0.6) is 0 Å². The number of guanidine groups is 1. The summed E-state index contributed by atoms with van der Waals surface area (Å²) in [6.07, 6.45) is 4.41. The third kappa shape index (κ3) is 8.61. The van der Waals surface area contributed by atoms with Crippen molar-refractivity contribution in [1.29, 1.82) is 0 Å². The van der Waals surface area contributed by atoms with Gasteiger partial charge in [0.2, 0.25) is 5.91 Å². The van der Waals surface area contributed by atoms with Crippen molar-refractivity contribution in [2.45, 2.75) is 38.6 Å². The average molecular weight is 417 g/mol. The maximum atomic E-state index is 12.0. The summed E-state index contributed by atoms with van der Waals surface area (Å²) in [6.45, 7) is 7.59. The van der Waals surface area contributed by atoms with Crippen molar-refractivity contribution in [3.8, 4) is 0 Å². The first-order chi connectivity index (χ1) is 14.5. The number of benzene rings is 1. The van der Waals surface area contributed by atoms with Gasteiger partial charge in [0, 0.05) is 59.1 Å². The number of hydrogen-bond acceptors (Lipinski definition) is 4. The van der Waals surface area contributed by atoms with Gasteiger partial charge in [0.15, 0.2) is 5.96 Å². The van der Waals surface area contributed by atoms with Gasteiger partial charge >= 0.3 is 0 Å². The van der Waals surface area contributed by atoms with E-state index in [-0.39, 0.29) is 12.5 Å². The maximum Gasteiger partial charge on any atom is 0.243 e. The van der Waals surface area contributed by atoms with Gasteiger partial charge in [-0.1, -0.05) is 25.1 Å². The molecule has 7 nitrogen and oxygen atoms in total. The molecule has 1 aromatic carbocycles. The number of anilines is 1. The Balaban J connectivity index is 1.82. The fraction of sp³-hybridized carbons (Fsp3) is 0.652. The number of nitrogens with zero attached hydrogens (tertiary/aromatic N) is 4. The molecular weight excluding hydrogens is 376 g/mol. The van der Waals surface area contributed by atoms with E-state index in [1.54, 1.807) is 19.0 Å². The van der Waals surface area contributed by atoms with Crippen LogP contribution in [0.1, 0.15) is 32.6 Å². The molecule has 1 fully saturated rings. The van der Waals surface area contributed by atoms with Crippen LogP contribution in [0.4, 0.5) is 5.69 Å². The summed E-state index contributed by atoms with van der Waals surface area (Å²) < 4.78 is 0. The standard InChI is InChI=1S/C23H40N6O/c1-5-15-29-17-12-20(13-18-29)26-23(25-19-22(30)27(2)3)24-14-9-16-28(4)21-10-7-6-8-11-21/h6-8,10-11,20H,5,9,12-19H2,1-4H3,(H2,24,25,26). The lowest BCUT2D eigenvalue weighted by Crippen LogP contribution is -2.49. The Morgan fingerprint density at radius 2 is 1.87 bits per heavy atom. The van der Waals surface area contributed by atoms with E-state index in [9.17, 15) is 4.79 Å². The smallest absolute Gasteiger partial charge is 0.243 e. The first kappa shape index (κ1) is 24.0. The SMILES string of the molecule is CCCN1CCC(NC(=NCC(=O)N(C)C)NCCCN(C)c2ccccc2)CC1. The Bertz CT molecular complexity index is 640. The number of hydrogen-bond donors (Lipinski definition) is 2. The van der Waals surface area contributed by atoms with Crippen LogP contribution in [0, 0.1) is 0 Å². The quantitative estimate of drug-likeness (QED) is 0.347. The largest absolute Gasteiger partial charge is 0.375 e. The zero-order chi connectivity index (χ0) is 21.8. The van der Waals surface area contributed by atoms with E-state index in [0.717, 1.165) is 51.4 Å². The molecule has 0 saturated carbocycles. The first-order valence-corrected chi connectivity index (χ1v) is 11.2. The van der Waals surface area contributed by atoms with E-state index in [0.29, 0.717) is 6.04 Å². The number of likely N-dealkylation sites (N-methyl/N-ethyl adjacent to an activating group) is 1. The van der Waals surface area contributed by atoms with Gasteiger partial charge in [0.1, 0.15) is 6.54 Å². The predicted octanol–water partition coefficient (Wildman–Crippen LogP) is 2.01. The summed E-state index contributed by atoms with van der Waals surface area (Å²) in [6, 6.07) is 10.8. The molecule has 168 valence electrons. The number of carbonyl (C=O) groups is 1. The Morgan fingerprint density at radius 1 is 1.17 bits per heavy atom. The third-order valence-corrected chi connectivity index (χ3v) is 5.50. The van der Waals surface area contributed by atoms with Gasteiger partial charge in [-0.05, 0) is 44.4 Å². The number of likely N-dealkylation sites (tertiary alicyclic amines) is 1. The predicted molar refractivity (Wildman–Crippen MR) is 126 cm³/mol. The summed E-state index contributed by atoms with van der Waals surface area (Å²) in [7, 11) is 5.64. The highest BCUT2D eigenvalue weighted by Crippen LogP contribution is 2.11. The Morgan fingerprint density at radius 3 is 2.50 bits per heavy atom. The Kier molecular flexibility index (Phi) is 10.5. The third-order valence-electron chi connectivity index (χ3n) is 5.50. The van der Waals surface area contributed by atoms with Gasteiger partial charge in [-0.3, -0.25) is 4.79 Å². The van der Waals surface area contributed by atoms with Crippen LogP contribution in [0.2, 0.25) is 0 Å². The van der Waals surface area contributed by atoms with Crippen LogP contribution in [0.15, 0.2) is 35.3 Å². The fourth-order valence-electron chi connectivity index (χ4n) is 3.59. The monoisotopic (exact) mass is 416 g/mol. The molecule has 2 rings (SSSR count). The highest BCUT2D eigenvalue weighted by Gasteiger charge is 2.19. The molecule has 7 heteroatoms. The lowest BCUT2D eigenvalue weighted by Gasteiger charge is -2.33. The fourth-order valence-corrected chi connectivity index (χ4v) is 3.59. The summed E-state index contributed by atoms with van der Waals surface area (Å²) in [5.74, 6) is 0.763. The topological polar surface area (TPSA) is 63.2 Å². The molecule has 2 N–H and O–H groups in total. The molecule has 1 amide bonds. The van der Waals surface area contributed by atoms with Crippen molar-refractivity contribution in [3.05, 3.63) is 30.3 Å². The van der Waals surface area contributed by atoms with Crippen molar-refractivity contribution < 1.29 is 4.79 Å². The van der Waals surface area contributed by atoms with Gasteiger partial charge in [-0.2, -0.15) is 0 Å². The van der Waals surface area contributed by atoms with Gasteiger partial charge in [-0.15, -0.1) is 0 Å². The maximum absolute atomic E-state index is 12.0. The number of amides is 1. The molecule has 30 heavy (non-hydrogen) atoms. The van der Waals surface area contributed by atoms with Crippen molar-refractivity contribution in [1.82, 2.24) is 20.4 Å². The molecule has 1 aliphatic heterocycles. The number of piperidine rings is 1. The van der Waals surface area contributed by atoms with Gasteiger partial charge in [0.25, 0.3) is 0 Å². The molecule has 0 spiro atoms. The molecule has 0 aliphatic carbocycles. The lowest BCUT2D eigenvalue weighted by molar-refractivity contribution is -0.127. The Labute approximate surface area is 182 Å². The zero-order valence-electron chi connectivity index (χ0n) is 19.2. The molecular formula is C23H40N6O. The molecule has 0 radical (unpaired) electrons. The molecule has 0 atom stereocenters. The number of nitrogens with one attached hydrogen (secondary N) is 2. The van der Waals surface area contributed by atoms with Gasteiger partial charge in [0.05, 0.1) is 0 Å². The number of para-hydroxylation sites is 1. The number of carbonyl (C=O) groups excluding carboxylic acids is 1. The van der Waals surface area contributed by atoms with E-state index < -0.39 is 0 Å². The molecule has 1 saturated heterocycles. The van der Waals surface area contributed by atoms with Crippen molar-refractivity contribution in [2.24, 2.45) is 4.99 Å². The lowest BCUT2D eigenvalue weighted by atomic mass is 10.1. The summed E-state index contributed by atoms with van der Waals surface area (Å²) in [4.78, 5) is 22.9. The van der Waals surface area contributed by atoms with Crippen LogP contribution in [-0.4, -0.2) is 88.1 Å². The van der Waals surface area contributed by atoms with Crippen molar-refractivity contribution >= 4 is 17.6 Å². The van der Waals surface area contributed by atoms with Crippen molar-refractivity contribution in [2.75, 3.05) is 65.3 Å². The highest BCUT2D eigenvalue weighted by molar-refractivity contribution is 5.84. The van der Waals surface area contributed by atoms with Crippen LogP contribution >= 0.6 is 0 Å². The van der Waals surface area contributed by atoms with Gasteiger partial charge in [-0.25, -0.2) is 4.99 Å². The van der Waals surface area contributed by atoms with Crippen LogP contribution in [-0.2, 0) is 4.79 Å². The van der Waals surface area contributed by atoms with Crippen LogP contribution < -0.4 is 15.5 Å². The first-order valence-electron chi connectivity index (χ1n) is 11.2. The Hall–Kier alpha value is -2.28. The van der Waals surface area contributed by atoms with E-state index in [4.69, 9.17) is 0 Å². The van der Waals surface area contributed by atoms with Crippen molar-refractivity contribution in [3.63, 3.8) is 0 Å². The normalized spacial score (nSPS) is 15.7. The van der Waals surface area contributed by atoms with Crippen LogP contribution in [0.3, 0.4) is 0 Å². The second-order valence-electron chi connectivity index (χ2n) is 8.25. The second kappa shape index (κ2) is 13.1. The minimum absolute atomic E-state index is 0.0117. The number of rotatable bonds is 10. The highest BCUT2D eigenvalue weighted by atomic mass is 16.2. The zero-order valence-corrected chi connectivity index (χ0v) is 19.2. The molecule has 0 unspecified atom stereocenters. The van der Waals surface area contributed by atoms with E-state index in [1.165, 1.54) is 18.7 Å². The molecule has 1 aromatic rings. The molecule has 1 heterocycles. The summed E-state index contributed by atoms with van der Waals surface area (Å²) in [5, 5.41) is 6.99. The average Bonchev–Trinajstić information content (AvgIpc) is 2.76. The van der Waals surface area contributed by atoms with E-state index in [2.05, 4.69) is 63.7 Å². The summed E-state index contributed by atoms with van der Waals surface area (Å²) >= 11 is 0. The van der Waals surface area contributed by atoms with E-state index in [1.807, 2.05) is 6.07 Å². The number of aliphatic imine (C=N–C) groups is 1. The van der Waals surface area contributed by atoms with Crippen LogP contribution in [0.25, 0.3) is 0 Å². The van der Waals surface area contributed by atoms with Gasteiger partial charge < -0.3 is 25.3 Å². The minimum atomic E-state index is 0.0117. The molecule has 1 aliphatic rings. The minimum Gasteiger partial charge on any atom is -0.375 e. The second-order valence-corrected chi connectivity index (χ2v) is 8.25. The molecule has 0 bridgehead atoms. The molecule has 0 aromatic heterocycles. The summed E-state index contributed by atoms with van der Waals surface area (Å²) in [5.41, 5.74) is 1.22.